The van der Waals surface area contributed by atoms with Crippen molar-refractivity contribution in [3.63, 3.8) is 0 Å². The Labute approximate surface area is 127 Å². The van der Waals surface area contributed by atoms with E-state index in [-0.39, 0.29) is 5.82 Å². The fourth-order valence-corrected chi connectivity index (χ4v) is 3.99. The number of halogens is 1. The van der Waals surface area contributed by atoms with Crippen LogP contribution in [-0.2, 0) is 5.60 Å². The molecule has 0 aliphatic carbocycles. The molecule has 0 aliphatic heterocycles. The van der Waals surface area contributed by atoms with E-state index in [9.17, 15) is 9.50 Å². The average Bonchev–Trinajstić information content (AvgIpc) is 2.81. The number of benzene rings is 2. The molecule has 21 heavy (non-hydrogen) atoms. The number of aryl methyl sites for hydroxylation is 2. The summed E-state index contributed by atoms with van der Waals surface area (Å²) in [6.07, 6.45) is 0. The molecule has 3 heteroatoms. The van der Waals surface area contributed by atoms with Gasteiger partial charge in [0.25, 0.3) is 0 Å². The molecule has 0 bridgehead atoms. The molecule has 0 spiro atoms. The predicted molar refractivity (Wildman–Crippen MR) is 86.4 cm³/mol. The molecule has 3 rings (SSSR count). The van der Waals surface area contributed by atoms with Crippen molar-refractivity contribution >= 4 is 21.4 Å². The van der Waals surface area contributed by atoms with Crippen molar-refractivity contribution < 1.29 is 9.50 Å². The molecule has 0 saturated heterocycles. The summed E-state index contributed by atoms with van der Waals surface area (Å²) in [5.74, 6) is -0.352. The van der Waals surface area contributed by atoms with Crippen LogP contribution in [0.2, 0.25) is 0 Å². The first kappa shape index (κ1) is 14.2. The quantitative estimate of drug-likeness (QED) is 0.712. The maximum Gasteiger partial charge on any atom is 0.130 e. The Bertz CT molecular complexity index is 761. The summed E-state index contributed by atoms with van der Waals surface area (Å²) in [5.41, 5.74) is 0.668. The first-order chi connectivity index (χ1) is 9.89. The Morgan fingerprint density at radius 1 is 1.10 bits per heavy atom. The molecule has 3 aromatic rings. The van der Waals surface area contributed by atoms with Gasteiger partial charge in [-0.2, -0.15) is 0 Å². The van der Waals surface area contributed by atoms with Crippen LogP contribution >= 0.6 is 11.3 Å². The lowest BCUT2D eigenvalue weighted by atomic mass is 9.89. The normalized spacial score (nSPS) is 14.3. The number of hydrogen-bond donors (Lipinski definition) is 1. The summed E-state index contributed by atoms with van der Waals surface area (Å²) < 4.78 is 15.5. The summed E-state index contributed by atoms with van der Waals surface area (Å²) in [7, 11) is 0. The van der Waals surface area contributed by atoms with Gasteiger partial charge < -0.3 is 5.11 Å². The third kappa shape index (κ3) is 2.37. The molecule has 0 fully saturated rings. The highest BCUT2D eigenvalue weighted by Gasteiger charge is 2.32. The first-order valence-electron chi connectivity index (χ1n) is 6.88. The molecule has 1 nitrogen and oxygen atoms in total. The van der Waals surface area contributed by atoms with E-state index >= 15 is 0 Å². The molecular weight excluding hydrogens is 283 g/mol. The lowest BCUT2D eigenvalue weighted by Gasteiger charge is -2.25. The van der Waals surface area contributed by atoms with Crippen molar-refractivity contribution in [1.82, 2.24) is 0 Å². The zero-order valence-electron chi connectivity index (χ0n) is 12.3. The van der Waals surface area contributed by atoms with Gasteiger partial charge >= 0.3 is 0 Å². The molecule has 0 saturated carbocycles. The van der Waals surface area contributed by atoms with Crippen molar-refractivity contribution in [2.45, 2.75) is 26.4 Å². The first-order valence-corrected chi connectivity index (χ1v) is 7.70. The largest absolute Gasteiger partial charge is 0.380 e. The Morgan fingerprint density at radius 3 is 2.48 bits per heavy atom. The van der Waals surface area contributed by atoms with Gasteiger partial charge in [0.2, 0.25) is 0 Å². The molecule has 0 amide bonds. The Hall–Kier alpha value is -1.71. The third-order valence-electron chi connectivity index (χ3n) is 3.82. The van der Waals surface area contributed by atoms with Crippen LogP contribution in [0.3, 0.4) is 0 Å². The van der Waals surface area contributed by atoms with Gasteiger partial charge in [-0.3, -0.25) is 0 Å². The molecule has 1 atom stereocenters. The summed E-state index contributed by atoms with van der Waals surface area (Å²) in [4.78, 5) is 0.759. The summed E-state index contributed by atoms with van der Waals surface area (Å²) >= 11 is 1.50. The molecule has 108 valence electrons. The number of aliphatic hydroxyl groups is 1. The van der Waals surface area contributed by atoms with Crippen LogP contribution in [0.1, 0.15) is 28.5 Å². The zero-order chi connectivity index (χ0) is 15.2. The smallest absolute Gasteiger partial charge is 0.130 e. The lowest BCUT2D eigenvalue weighted by molar-refractivity contribution is 0.101. The summed E-state index contributed by atoms with van der Waals surface area (Å²) in [6.45, 7) is 5.36. The van der Waals surface area contributed by atoms with E-state index in [0.29, 0.717) is 5.56 Å². The average molecular weight is 300 g/mol. The van der Waals surface area contributed by atoms with Gasteiger partial charge in [-0.15, -0.1) is 11.3 Å². The van der Waals surface area contributed by atoms with Crippen molar-refractivity contribution in [2.24, 2.45) is 0 Å². The molecule has 0 aliphatic rings. The highest BCUT2D eigenvalue weighted by molar-refractivity contribution is 7.19. The SMILES string of the molecule is Cc1cc(C)c(C(C)(O)c2cc3ccccc3s2)c(F)c1. The molecule has 1 heterocycles. The van der Waals surface area contributed by atoms with E-state index in [0.717, 1.165) is 26.1 Å². The molecule has 0 radical (unpaired) electrons. The maximum atomic E-state index is 14.4. The third-order valence-corrected chi connectivity index (χ3v) is 5.15. The van der Waals surface area contributed by atoms with Gasteiger partial charge in [-0.1, -0.05) is 24.3 Å². The molecular formula is C18H17FOS. The second-order valence-electron chi connectivity index (χ2n) is 5.66. The van der Waals surface area contributed by atoms with Crippen LogP contribution in [-0.4, -0.2) is 5.11 Å². The van der Waals surface area contributed by atoms with Crippen molar-refractivity contribution in [3.8, 4) is 0 Å². The zero-order valence-corrected chi connectivity index (χ0v) is 13.1. The minimum Gasteiger partial charge on any atom is -0.380 e. The van der Waals surface area contributed by atoms with Crippen molar-refractivity contribution in [1.29, 1.82) is 0 Å². The highest BCUT2D eigenvalue weighted by Crippen LogP contribution is 2.39. The Balaban J connectivity index is 2.20. The van der Waals surface area contributed by atoms with Crippen LogP contribution in [0.25, 0.3) is 10.1 Å². The second kappa shape index (κ2) is 4.93. The van der Waals surface area contributed by atoms with Gasteiger partial charge in [0, 0.05) is 15.1 Å². The van der Waals surface area contributed by atoms with Crippen LogP contribution in [0.4, 0.5) is 4.39 Å². The highest BCUT2D eigenvalue weighted by atomic mass is 32.1. The number of rotatable bonds is 2. The van der Waals surface area contributed by atoms with E-state index in [2.05, 4.69) is 0 Å². The monoisotopic (exact) mass is 300 g/mol. The van der Waals surface area contributed by atoms with Crippen LogP contribution in [0.15, 0.2) is 42.5 Å². The molecule has 1 aromatic heterocycles. The fraction of sp³-hybridized carbons (Fsp3) is 0.222. The second-order valence-corrected chi connectivity index (χ2v) is 6.74. The summed E-state index contributed by atoms with van der Waals surface area (Å²) in [5, 5.41) is 12.1. The van der Waals surface area contributed by atoms with E-state index in [1.807, 2.05) is 50.2 Å². The van der Waals surface area contributed by atoms with Crippen molar-refractivity contribution in [2.75, 3.05) is 0 Å². The molecule has 1 unspecified atom stereocenters. The Morgan fingerprint density at radius 2 is 1.81 bits per heavy atom. The lowest BCUT2D eigenvalue weighted by Crippen LogP contribution is -2.24. The minimum atomic E-state index is -1.33. The van der Waals surface area contributed by atoms with Gasteiger partial charge in [0.05, 0.1) is 0 Å². The molecule has 1 N–H and O–H groups in total. The number of hydrogen-bond acceptors (Lipinski definition) is 2. The predicted octanol–water partition coefficient (Wildman–Crippen LogP) is 4.91. The summed E-state index contributed by atoms with van der Waals surface area (Å²) in [6, 6.07) is 13.3. The van der Waals surface area contributed by atoms with E-state index in [1.165, 1.54) is 17.4 Å². The van der Waals surface area contributed by atoms with Gasteiger partial charge in [0.15, 0.2) is 0 Å². The van der Waals surface area contributed by atoms with Gasteiger partial charge in [0.1, 0.15) is 11.4 Å². The topological polar surface area (TPSA) is 20.2 Å². The standard InChI is InChI=1S/C18H17FOS/c1-11-8-12(2)17(14(19)9-11)18(3,20)16-10-13-6-4-5-7-15(13)21-16/h4-10,20H,1-3H3. The minimum absolute atomic E-state index is 0.352. The van der Waals surface area contributed by atoms with Gasteiger partial charge in [-0.05, 0) is 55.5 Å². The van der Waals surface area contributed by atoms with Crippen LogP contribution in [0, 0.1) is 19.7 Å². The van der Waals surface area contributed by atoms with Crippen molar-refractivity contribution in [3.05, 3.63) is 69.8 Å². The molecule has 2 aromatic carbocycles. The van der Waals surface area contributed by atoms with E-state index in [1.54, 1.807) is 6.92 Å². The Kier molecular flexibility index (Phi) is 3.34. The fourth-order valence-electron chi connectivity index (χ4n) is 2.88. The maximum absolute atomic E-state index is 14.4. The van der Waals surface area contributed by atoms with Crippen LogP contribution < -0.4 is 0 Å². The number of thiophene rings is 1. The van der Waals surface area contributed by atoms with Gasteiger partial charge in [-0.25, -0.2) is 4.39 Å². The number of fused-ring (bicyclic) bond motifs is 1. The van der Waals surface area contributed by atoms with Crippen LogP contribution in [0.5, 0.6) is 0 Å². The van der Waals surface area contributed by atoms with E-state index in [4.69, 9.17) is 0 Å². The van der Waals surface area contributed by atoms with E-state index < -0.39 is 5.60 Å².